The first kappa shape index (κ1) is 17.5. The maximum atomic E-state index is 13.1. The molecule has 1 unspecified atom stereocenters. The highest BCUT2D eigenvalue weighted by atomic mass is 16.2. The van der Waals surface area contributed by atoms with Crippen molar-refractivity contribution in [2.45, 2.75) is 38.9 Å². The van der Waals surface area contributed by atoms with E-state index in [4.69, 9.17) is 0 Å². The predicted molar refractivity (Wildman–Crippen MR) is 105 cm³/mol. The van der Waals surface area contributed by atoms with Gasteiger partial charge in [-0.15, -0.1) is 0 Å². The van der Waals surface area contributed by atoms with Crippen molar-refractivity contribution in [1.29, 1.82) is 0 Å². The minimum atomic E-state index is -0.222. The summed E-state index contributed by atoms with van der Waals surface area (Å²) in [6.07, 6.45) is 3.97. The van der Waals surface area contributed by atoms with Crippen molar-refractivity contribution in [1.82, 2.24) is 14.7 Å². The number of fused-ring (bicyclic) bond motifs is 1. The number of nitrogens with zero attached hydrogens (tertiary/aromatic N) is 3. The van der Waals surface area contributed by atoms with Crippen molar-refractivity contribution < 1.29 is 4.79 Å². The first-order chi connectivity index (χ1) is 13.1. The number of aromatic nitrogens is 2. The SMILES string of the molecule is CC(C1CC1)N(Cc1ccccc1)C(=O)Cn1ncc2ccccc2c1=O. The summed E-state index contributed by atoms with van der Waals surface area (Å²) < 4.78 is 1.28. The van der Waals surface area contributed by atoms with Crippen LogP contribution in [0.1, 0.15) is 25.3 Å². The average Bonchev–Trinajstić information content (AvgIpc) is 3.54. The summed E-state index contributed by atoms with van der Waals surface area (Å²) in [5.74, 6) is 0.488. The molecule has 5 nitrogen and oxygen atoms in total. The van der Waals surface area contributed by atoms with Crippen molar-refractivity contribution in [3.8, 4) is 0 Å². The lowest BCUT2D eigenvalue weighted by Gasteiger charge is -2.29. The van der Waals surface area contributed by atoms with Gasteiger partial charge in [-0.25, -0.2) is 4.68 Å². The van der Waals surface area contributed by atoms with Crippen molar-refractivity contribution in [2.75, 3.05) is 0 Å². The molecule has 0 spiro atoms. The van der Waals surface area contributed by atoms with Crippen LogP contribution in [0.3, 0.4) is 0 Å². The Morgan fingerprint density at radius 2 is 1.85 bits per heavy atom. The van der Waals surface area contributed by atoms with Gasteiger partial charge in [0, 0.05) is 18.0 Å². The first-order valence-electron chi connectivity index (χ1n) is 9.42. The fourth-order valence-electron chi connectivity index (χ4n) is 3.53. The van der Waals surface area contributed by atoms with Crippen LogP contribution in [0.4, 0.5) is 0 Å². The summed E-state index contributed by atoms with van der Waals surface area (Å²) in [7, 11) is 0. The van der Waals surface area contributed by atoms with Gasteiger partial charge in [-0.1, -0.05) is 48.5 Å². The summed E-state index contributed by atoms with van der Waals surface area (Å²) in [5, 5.41) is 5.59. The standard InChI is InChI=1S/C22H23N3O2/c1-16(18-11-12-18)24(14-17-7-3-2-4-8-17)21(26)15-25-22(27)20-10-6-5-9-19(20)13-23-25/h2-10,13,16,18H,11-12,14-15H2,1H3. The third kappa shape index (κ3) is 3.77. The zero-order valence-corrected chi connectivity index (χ0v) is 15.4. The Hall–Kier alpha value is -2.95. The Labute approximate surface area is 158 Å². The molecule has 0 bridgehead atoms. The summed E-state index contributed by atoms with van der Waals surface area (Å²) in [6.45, 7) is 2.63. The molecule has 0 radical (unpaired) electrons. The second-order valence-corrected chi connectivity index (χ2v) is 7.28. The van der Waals surface area contributed by atoms with E-state index in [1.165, 1.54) is 4.68 Å². The largest absolute Gasteiger partial charge is 0.334 e. The van der Waals surface area contributed by atoms with Gasteiger partial charge < -0.3 is 4.90 Å². The molecular weight excluding hydrogens is 338 g/mol. The van der Waals surface area contributed by atoms with Gasteiger partial charge in [-0.05, 0) is 37.3 Å². The van der Waals surface area contributed by atoms with Gasteiger partial charge in [0.05, 0.1) is 11.6 Å². The average molecular weight is 361 g/mol. The molecule has 1 aliphatic carbocycles. The van der Waals surface area contributed by atoms with Crippen molar-refractivity contribution >= 4 is 16.7 Å². The van der Waals surface area contributed by atoms with E-state index in [1.54, 1.807) is 12.3 Å². The van der Waals surface area contributed by atoms with E-state index in [0.29, 0.717) is 17.8 Å². The number of amides is 1. The van der Waals surface area contributed by atoms with Gasteiger partial charge in [0.1, 0.15) is 6.54 Å². The molecule has 1 aromatic heterocycles. The van der Waals surface area contributed by atoms with Crippen LogP contribution in [-0.4, -0.2) is 26.6 Å². The predicted octanol–water partition coefficient (Wildman–Crippen LogP) is 3.22. The number of hydrogen-bond acceptors (Lipinski definition) is 3. The highest BCUT2D eigenvalue weighted by Gasteiger charge is 2.34. The Morgan fingerprint density at radius 1 is 1.15 bits per heavy atom. The molecule has 0 saturated heterocycles. The number of benzene rings is 2. The van der Waals surface area contributed by atoms with Gasteiger partial charge in [0.15, 0.2) is 0 Å². The van der Waals surface area contributed by atoms with Crippen LogP contribution in [0.5, 0.6) is 0 Å². The molecule has 27 heavy (non-hydrogen) atoms. The fourth-order valence-corrected chi connectivity index (χ4v) is 3.53. The minimum Gasteiger partial charge on any atom is -0.334 e. The fraction of sp³-hybridized carbons (Fsp3) is 0.318. The molecule has 1 heterocycles. The van der Waals surface area contributed by atoms with Gasteiger partial charge in [-0.2, -0.15) is 5.10 Å². The highest BCUT2D eigenvalue weighted by Crippen LogP contribution is 2.35. The zero-order chi connectivity index (χ0) is 18.8. The van der Waals surface area contributed by atoms with Crippen LogP contribution in [0.25, 0.3) is 10.8 Å². The van der Waals surface area contributed by atoms with Crippen molar-refractivity contribution in [2.24, 2.45) is 5.92 Å². The van der Waals surface area contributed by atoms with E-state index in [9.17, 15) is 9.59 Å². The van der Waals surface area contributed by atoms with Crippen LogP contribution < -0.4 is 5.56 Å². The van der Waals surface area contributed by atoms with E-state index in [2.05, 4.69) is 12.0 Å². The van der Waals surface area contributed by atoms with E-state index in [1.807, 2.05) is 53.4 Å². The van der Waals surface area contributed by atoms with Crippen LogP contribution in [0.2, 0.25) is 0 Å². The van der Waals surface area contributed by atoms with E-state index >= 15 is 0 Å². The molecule has 1 amide bonds. The third-order valence-corrected chi connectivity index (χ3v) is 5.36. The van der Waals surface area contributed by atoms with Crippen LogP contribution >= 0.6 is 0 Å². The summed E-state index contributed by atoms with van der Waals surface area (Å²) in [4.78, 5) is 27.7. The third-order valence-electron chi connectivity index (χ3n) is 5.36. The lowest BCUT2D eigenvalue weighted by Crippen LogP contribution is -2.43. The number of hydrogen-bond donors (Lipinski definition) is 0. The van der Waals surface area contributed by atoms with Crippen LogP contribution in [0.15, 0.2) is 65.6 Å². The maximum Gasteiger partial charge on any atom is 0.275 e. The summed E-state index contributed by atoms with van der Waals surface area (Å²) in [5.41, 5.74) is 0.873. The first-order valence-corrected chi connectivity index (χ1v) is 9.42. The topological polar surface area (TPSA) is 55.2 Å². The number of rotatable bonds is 6. The summed E-state index contributed by atoms with van der Waals surface area (Å²) in [6, 6.07) is 17.5. The molecule has 4 rings (SSSR count). The number of carbonyl (C=O) groups is 1. The molecule has 3 aromatic rings. The summed E-state index contributed by atoms with van der Waals surface area (Å²) >= 11 is 0. The molecule has 1 fully saturated rings. The minimum absolute atomic E-state index is 0.0342. The lowest BCUT2D eigenvalue weighted by molar-refractivity contribution is -0.135. The molecule has 1 saturated carbocycles. The van der Waals surface area contributed by atoms with Gasteiger partial charge in [-0.3, -0.25) is 9.59 Å². The van der Waals surface area contributed by atoms with Gasteiger partial charge in [0.2, 0.25) is 5.91 Å². The maximum absolute atomic E-state index is 13.1. The Balaban J connectivity index is 1.60. The molecule has 5 heteroatoms. The molecule has 138 valence electrons. The smallest absolute Gasteiger partial charge is 0.275 e. The monoisotopic (exact) mass is 361 g/mol. The normalized spacial score (nSPS) is 14.9. The Bertz CT molecular complexity index is 1010. The molecule has 1 atom stereocenters. The second-order valence-electron chi connectivity index (χ2n) is 7.28. The van der Waals surface area contributed by atoms with Crippen molar-refractivity contribution in [3.05, 3.63) is 76.7 Å². The second kappa shape index (κ2) is 7.35. The zero-order valence-electron chi connectivity index (χ0n) is 15.4. The van der Waals surface area contributed by atoms with Crippen LogP contribution in [-0.2, 0) is 17.9 Å². The molecular formula is C22H23N3O2. The van der Waals surface area contributed by atoms with E-state index in [-0.39, 0.29) is 24.1 Å². The lowest BCUT2D eigenvalue weighted by atomic mass is 10.1. The quantitative estimate of drug-likeness (QED) is 0.677. The van der Waals surface area contributed by atoms with Crippen molar-refractivity contribution in [3.63, 3.8) is 0 Å². The van der Waals surface area contributed by atoms with Crippen LogP contribution in [0, 0.1) is 5.92 Å². The van der Waals surface area contributed by atoms with E-state index in [0.717, 1.165) is 23.8 Å². The molecule has 0 aliphatic heterocycles. The Morgan fingerprint density at radius 3 is 2.59 bits per heavy atom. The van der Waals surface area contributed by atoms with Gasteiger partial charge in [0.25, 0.3) is 5.56 Å². The molecule has 2 aromatic carbocycles. The molecule has 0 N–H and O–H groups in total. The van der Waals surface area contributed by atoms with Gasteiger partial charge >= 0.3 is 0 Å². The highest BCUT2D eigenvalue weighted by molar-refractivity contribution is 5.81. The molecule has 1 aliphatic rings. The Kier molecular flexibility index (Phi) is 4.75. The number of carbonyl (C=O) groups excluding carboxylic acids is 1. The van der Waals surface area contributed by atoms with E-state index < -0.39 is 0 Å².